The van der Waals surface area contributed by atoms with Gasteiger partial charge in [-0.2, -0.15) is 0 Å². The second-order valence-electron chi connectivity index (χ2n) is 27.5. The average Bonchev–Trinajstić information content (AvgIpc) is 3.62. The molecule has 12 atom stereocenters. The molecule has 14 nitrogen and oxygen atoms in total. The number of unbranched alkanes of at least 4 members (excludes halogenated alkanes) is 50. The van der Waals surface area contributed by atoms with Crippen LogP contribution in [0.3, 0.4) is 0 Å². The first-order chi connectivity index (χ1) is 43.6. The van der Waals surface area contributed by atoms with Crippen LogP contribution in [-0.4, -0.2) is 140 Å². The van der Waals surface area contributed by atoms with E-state index in [1.807, 2.05) is 0 Å². The van der Waals surface area contributed by atoms with Crippen molar-refractivity contribution in [3.63, 3.8) is 0 Å². The highest BCUT2D eigenvalue weighted by molar-refractivity contribution is 5.76. The van der Waals surface area contributed by atoms with E-state index in [0.717, 1.165) is 51.4 Å². The fourth-order valence-electron chi connectivity index (χ4n) is 13.1. The molecule has 2 heterocycles. The molecule has 0 aromatic carbocycles. The first-order valence-electron chi connectivity index (χ1n) is 38.4. The number of amides is 1. The van der Waals surface area contributed by atoms with Crippen LogP contribution in [0.2, 0.25) is 0 Å². The van der Waals surface area contributed by atoms with Gasteiger partial charge in [0.1, 0.15) is 48.8 Å². The van der Waals surface area contributed by atoms with Crippen LogP contribution in [0.1, 0.15) is 367 Å². The Balaban J connectivity index is 1.59. The van der Waals surface area contributed by atoms with Crippen LogP contribution in [0, 0.1) is 0 Å². The Morgan fingerprint density at radius 1 is 0.393 bits per heavy atom. The molecule has 12 unspecified atom stereocenters. The number of carbonyl (C=O) groups is 1. The van der Waals surface area contributed by atoms with E-state index in [1.165, 1.54) is 289 Å². The Labute approximate surface area is 546 Å². The lowest BCUT2D eigenvalue weighted by Gasteiger charge is -2.46. The van der Waals surface area contributed by atoms with Crippen molar-refractivity contribution >= 4 is 5.91 Å². The summed E-state index contributed by atoms with van der Waals surface area (Å²) in [6.07, 6.45) is 58.2. The third kappa shape index (κ3) is 44.2. The van der Waals surface area contributed by atoms with Gasteiger partial charge in [-0.3, -0.25) is 4.79 Å². The van der Waals surface area contributed by atoms with Crippen LogP contribution in [0.25, 0.3) is 0 Å². The largest absolute Gasteiger partial charge is 0.394 e. The molecule has 0 aromatic heterocycles. The van der Waals surface area contributed by atoms with Crippen LogP contribution < -0.4 is 5.32 Å². The van der Waals surface area contributed by atoms with Crippen molar-refractivity contribution in [1.82, 2.24) is 5.32 Å². The SMILES string of the molecule is CCCCCCCCCC/C=C\CCCCCCCCCCCCCCCCCCCCCCCCCC(=O)NC(COC1OC(CO)C(OC2OC(CO)C(O)C(O)C2O)C(O)C1O)C(O)CCCCCCCCCCCCCCCCCCCCCC. The van der Waals surface area contributed by atoms with Crippen molar-refractivity contribution in [2.45, 2.75) is 441 Å². The van der Waals surface area contributed by atoms with E-state index >= 15 is 0 Å². The number of carbonyl (C=O) groups excluding carboxylic acids is 1. The maximum atomic E-state index is 13.4. The zero-order chi connectivity index (χ0) is 64.5. The average molecular weight is 1270 g/mol. The Morgan fingerprint density at radius 3 is 1.07 bits per heavy atom. The third-order valence-electron chi connectivity index (χ3n) is 19.2. The number of aliphatic hydroxyl groups is 8. The van der Waals surface area contributed by atoms with E-state index in [0.29, 0.717) is 12.8 Å². The number of rotatable bonds is 65. The zero-order valence-corrected chi connectivity index (χ0v) is 57.7. The summed E-state index contributed by atoms with van der Waals surface area (Å²) in [6, 6.07) is -0.826. The minimum atomic E-state index is -1.78. The van der Waals surface area contributed by atoms with Crippen LogP contribution >= 0.6 is 0 Å². The second-order valence-corrected chi connectivity index (χ2v) is 27.5. The predicted molar refractivity (Wildman–Crippen MR) is 365 cm³/mol. The van der Waals surface area contributed by atoms with Gasteiger partial charge in [0.05, 0.1) is 32.0 Å². The molecular formula is C75H145NO13. The van der Waals surface area contributed by atoms with Gasteiger partial charge in [0.15, 0.2) is 12.6 Å². The number of allylic oxidation sites excluding steroid dienone is 2. The Hall–Kier alpha value is -1.27. The van der Waals surface area contributed by atoms with E-state index in [2.05, 4.69) is 31.3 Å². The fourth-order valence-corrected chi connectivity index (χ4v) is 13.1. The van der Waals surface area contributed by atoms with Crippen LogP contribution in [0.4, 0.5) is 0 Å². The lowest BCUT2D eigenvalue weighted by Crippen LogP contribution is -2.65. The van der Waals surface area contributed by atoms with Gasteiger partial charge in [0.2, 0.25) is 5.91 Å². The molecule has 0 saturated carbocycles. The molecule has 0 aliphatic carbocycles. The number of aliphatic hydroxyl groups excluding tert-OH is 8. The quantitative estimate of drug-likeness (QED) is 0.0204. The van der Waals surface area contributed by atoms with Crippen molar-refractivity contribution in [1.29, 1.82) is 0 Å². The molecule has 2 fully saturated rings. The van der Waals surface area contributed by atoms with Gasteiger partial charge in [0, 0.05) is 6.42 Å². The molecule has 0 radical (unpaired) electrons. The van der Waals surface area contributed by atoms with Crippen LogP contribution in [0.5, 0.6) is 0 Å². The summed E-state index contributed by atoms with van der Waals surface area (Å²) in [4.78, 5) is 13.4. The van der Waals surface area contributed by atoms with Gasteiger partial charge in [-0.05, 0) is 38.5 Å². The Morgan fingerprint density at radius 2 is 0.708 bits per heavy atom. The second kappa shape index (κ2) is 60.4. The summed E-state index contributed by atoms with van der Waals surface area (Å²) in [5.41, 5.74) is 0. The van der Waals surface area contributed by atoms with Gasteiger partial charge in [-0.25, -0.2) is 0 Å². The van der Waals surface area contributed by atoms with Crippen LogP contribution in [0.15, 0.2) is 12.2 Å². The smallest absolute Gasteiger partial charge is 0.220 e. The maximum Gasteiger partial charge on any atom is 0.220 e. The van der Waals surface area contributed by atoms with E-state index in [-0.39, 0.29) is 12.5 Å². The number of ether oxygens (including phenoxy) is 4. The lowest BCUT2D eigenvalue weighted by atomic mass is 9.97. The number of nitrogens with one attached hydrogen (secondary N) is 1. The summed E-state index contributed by atoms with van der Waals surface area (Å²) in [5, 5.41) is 87.7. The molecule has 2 saturated heterocycles. The van der Waals surface area contributed by atoms with E-state index < -0.39 is 86.8 Å². The monoisotopic (exact) mass is 1270 g/mol. The molecule has 2 aliphatic rings. The highest BCUT2D eigenvalue weighted by atomic mass is 16.7. The normalized spacial score (nSPS) is 23.0. The minimum Gasteiger partial charge on any atom is -0.394 e. The molecule has 2 aliphatic heterocycles. The van der Waals surface area contributed by atoms with Crippen molar-refractivity contribution in [2.75, 3.05) is 19.8 Å². The number of hydrogen-bond donors (Lipinski definition) is 9. The van der Waals surface area contributed by atoms with Crippen molar-refractivity contribution < 1.29 is 64.6 Å². The van der Waals surface area contributed by atoms with Crippen LogP contribution in [-0.2, 0) is 23.7 Å². The molecular weight excluding hydrogens is 1120 g/mol. The summed E-state index contributed by atoms with van der Waals surface area (Å²) in [5.74, 6) is -0.197. The summed E-state index contributed by atoms with van der Waals surface area (Å²) in [7, 11) is 0. The molecule has 0 spiro atoms. The minimum absolute atomic E-state index is 0.197. The van der Waals surface area contributed by atoms with Crippen molar-refractivity contribution in [3.8, 4) is 0 Å². The van der Waals surface area contributed by atoms with Crippen molar-refractivity contribution in [3.05, 3.63) is 12.2 Å². The highest BCUT2D eigenvalue weighted by Crippen LogP contribution is 2.30. The lowest BCUT2D eigenvalue weighted by molar-refractivity contribution is -0.359. The van der Waals surface area contributed by atoms with Gasteiger partial charge in [-0.1, -0.05) is 334 Å². The standard InChI is InChI=1S/C75H145NO13/c1-3-5-7-9-11-13-15-17-19-21-23-25-26-27-28-29-30-31-32-33-34-35-36-37-38-39-41-43-45-47-49-51-53-55-57-59-67(80)76-63(64(79)58-56-54-52-50-48-46-44-42-40-24-22-20-18-16-14-12-10-8-6-4-2)62-86-74-72(85)70(83)73(66(61-78)88-74)89-75-71(84)69(82)68(81)65(60-77)87-75/h21,23,63-66,68-75,77-79,81-85H,3-20,22,24-62H2,1-2H3,(H,76,80)/b23-21-. The summed E-state index contributed by atoms with van der Waals surface area (Å²) < 4.78 is 23.0. The van der Waals surface area contributed by atoms with Gasteiger partial charge in [-0.15, -0.1) is 0 Å². The van der Waals surface area contributed by atoms with Gasteiger partial charge >= 0.3 is 0 Å². The molecule has 1 amide bonds. The molecule has 0 bridgehead atoms. The third-order valence-corrected chi connectivity index (χ3v) is 19.2. The molecule has 2 rings (SSSR count). The van der Waals surface area contributed by atoms with E-state index in [4.69, 9.17) is 18.9 Å². The van der Waals surface area contributed by atoms with E-state index in [9.17, 15) is 45.6 Å². The maximum absolute atomic E-state index is 13.4. The topological polar surface area (TPSA) is 228 Å². The van der Waals surface area contributed by atoms with E-state index in [1.54, 1.807) is 0 Å². The van der Waals surface area contributed by atoms with Crippen molar-refractivity contribution in [2.24, 2.45) is 0 Å². The fraction of sp³-hybridized carbons (Fsp3) is 0.960. The predicted octanol–water partition coefficient (Wildman–Crippen LogP) is 16.5. The zero-order valence-electron chi connectivity index (χ0n) is 57.7. The Bertz CT molecular complexity index is 1540. The molecule has 89 heavy (non-hydrogen) atoms. The first-order valence-corrected chi connectivity index (χ1v) is 38.4. The summed E-state index contributed by atoms with van der Waals surface area (Å²) in [6.45, 7) is 2.93. The highest BCUT2D eigenvalue weighted by Gasteiger charge is 2.51. The summed E-state index contributed by atoms with van der Waals surface area (Å²) >= 11 is 0. The molecule has 0 aromatic rings. The molecule has 9 N–H and O–H groups in total. The molecule has 14 heteroatoms. The van der Waals surface area contributed by atoms with Gasteiger partial charge in [0.25, 0.3) is 0 Å². The Kier molecular flexibility index (Phi) is 56.9. The molecule has 528 valence electrons. The van der Waals surface area contributed by atoms with Gasteiger partial charge < -0.3 is 65.1 Å². The first kappa shape index (κ1) is 83.8. The number of hydrogen-bond acceptors (Lipinski definition) is 13.